The first-order valence-corrected chi connectivity index (χ1v) is 9.17. The molecule has 2 fully saturated rings. The van der Waals surface area contributed by atoms with E-state index in [1.54, 1.807) is 14.2 Å². The van der Waals surface area contributed by atoms with Crippen LogP contribution < -0.4 is 0 Å². The molecule has 1 aromatic rings. The number of ether oxygens (including phenoxy) is 3. The highest BCUT2D eigenvalue weighted by molar-refractivity contribution is 5.93. The van der Waals surface area contributed by atoms with Crippen LogP contribution in [0.2, 0.25) is 0 Å². The lowest BCUT2D eigenvalue weighted by atomic mass is 9.49. The fourth-order valence-electron chi connectivity index (χ4n) is 5.38. The topological polar surface area (TPSA) is 44.8 Å². The molecular weight excluding hydrogens is 316 g/mol. The van der Waals surface area contributed by atoms with Crippen LogP contribution in [0.5, 0.6) is 0 Å². The van der Waals surface area contributed by atoms with Crippen molar-refractivity contribution in [3.63, 3.8) is 0 Å². The minimum Gasteiger partial charge on any atom is -0.372 e. The number of methoxy groups -OCH3 is 2. The number of Topliss-reactive ketones (excluding diaryl/α,β-unsaturated/α-hetero) is 1. The molecule has 4 aliphatic rings. The number of benzene rings is 1. The van der Waals surface area contributed by atoms with Gasteiger partial charge in [0.2, 0.25) is 5.79 Å². The molecule has 5 rings (SSSR count). The van der Waals surface area contributed by atoms with Gasteiger partial charge in [0, 0.05) is 20.1 Å². The number of hydrogen-bond acceptors (Lipinski definition) is 4. The van der Waals surface area contributed by atoms with Crippen LogP contribution >= 0.6 is 0 Å². The van der Waals surface area contributed by atoms with Crippen molar-refractivity contribution in [1.29, 1.82) is 0 Å². The molecule has 2 bridgehead atoms. The molecule has 0 heterocycles. The Morgan fingerprint density at radius 1 is 1.12 bits per heavy atom. The van der Waals surface area contributed by atoms with Crippen molar-refractivity contribution in [1.82, 2.24) is 0 Å². The number of carbonyl (C=O) groups is 1. The molecule has 4 nitrogen and oxygen atoms in total. The van der Waals surface area contributed by atoms with E-state index in [2.05, 4.69) is 24.3 Å². The second kappa shape index (κ2) is 6.35. The van der Waals surface area contributed by atoms with Crippen LogP contribution in [0.25, 0.3) is 0 Å². The van der Waals surface area contributed by atoms with Crippen LogP contribution in [-0.2, 0) is 25.6 Å². The Morgan fingerprint density at radius 3 is 2.60 bits per heavy atom. The Hall–Kier alpha value is -1.49. The third kappa shape index (κ3) is 2.28. The minimum atomic E-state index is -1.23. The van der Waals surface area contributed by atoms with Gasteiger partial charge in [0.1, 0.15) is 0 Å². The summed E-state index contributed by atoms with van der Waals surface area (Å²) < 4.78 is 18.0. The molecule has 25 heavy (non-hydrogen) atoms. The van der Waals surface area contributed by atoms with Crippen molar-refractivity contribution >= 4 is 5.78 Å². The molecule has 1 spiro atoms. The molecule has 0 N–H and O–H groups in total. The Bertz CT molecular complexity index is 664. The average molecular weight is 342 g/mol. The van der Waals surface area contributed by atoms with Gasteiger partial charge >= 0.3 is 0 Å². The molecule has 2 saturated carbocycles. The van der Waals surface area contributed by atoms with Gasteiger partial charge < -0.3 is 14.2 Å². The first kappa shape index (κ1) is 17.0. The van der Waals surface area contributed by atoms with E-state index in [-0.39, 0.29) is 17.8 Å². The Labute approximate surface area is 149 Å². The van der Waals surface area contributed by atoms with Crippen LogP contribution in [0.3, 0.4) is 0 Å². The van der Waals surface area contributed by atoms with Crippen LogP contribution in [0.15, 0.2) is 42.5 Å². The lowest BCUT2D eigenvalue weighted by Gasteiger charge is -2.61. The zero-order valence-corrected chi connectivity index (χ0v) is 14.9. The second-order valence-corrected chi connectivity index (χ2v) is 7.44. The van der Waals surface area contributed by atoms with Crippen molar-refractivity contribution in [3.8, 4) is 0 Å². The highest BCUT2D eigenvalue weighted by Crippen LogP contribution is 2.61. The second-order valence-electron chi connectivity index (χ2n) is 7.44. The highest BCUT2D eigenvalue weighted by Gasteiger charge is 2.70. The molecule has 4 aliphatic carbocycles. The lowest BCUT2D eigenvalue weighted by Crippen LogP contribution is -2.71. The van der Waals surface area contributed by atoms with E-state index in [1.165, 1.54) is 0 Å². The van der Waals surface area contributed by atoms with Gasteiger partial charge in [0.15, 0.2) is 5.78 Å². The predicted molar refractivity (Wildman–Crippen MR) is 93.8 cm³/mol. The number of carbonyl (C=O) groups excluding carboxylic acids is 1. The minimum absolute atomic E-state index is 0.0476. The predicted octanol–water partition coefficient (Wildman–Crippen LogP) is 3.51. The summed E-state index contributed by atoms with van der Waals surface area (Å²) in [4.78, 5) is 13.1. The summed E-state index contributed by atoms with van der Waals surface area (Å²) in [6, 6.07) is 10.2. The van der Waals surface area contributed by atoms with Gasteiger partial charge in [0.05, 0.1) is 18.1 Å². The van der Waals surface area contributed by atoms with Gasteiger partial charge in [-0.2, -0.15) is 0 Å². The first-order chi connectivity index (χ1) is 12.2. The summed E-state index contributed by atoms with van der Waals surface area (Å²) in [6.45, 7) is 0.537. The quantitative estimate of drug-likeness (QED) is 0.607. The molecule has 0 radical (unpaired) electrons. The van der Waals surface area contributed by atoms with Crippen LogP contribution in [0, 0.1) is 17.3 Å². The number of hydrogen-bond donors (Lipinski definition) is 0. The number of allylic oxidation sites excluding steroid dienone is 1. The molecule has 1 aromatic carbocycles. The maximum atomic E-state index is 13.1. The van der Waals surface area contributed by atoms with E-state index in [0.717, 1.165) is 31.2 Å². The van der Waals surface area contributed by atoms with Crippen LogP contribution in [0.4, 0.5) is 0 Å². The zero-order chi connectivity index (χ0) is 17.5. The summed E-state index contributed by atoms with van der Waals surface area (Å²) in [7, 11) is 3.18. The van der Waals surface area contributed by atoms with E-state index in [1.807, 2.05) is 18.2 Å². The van der Waals surface area contributed by atoms with E-state index in [4.69, 9.17) is 14.2 Å². The number of ketones is 1. The number of rotatable bonds is 5. The standard InChI is InChI=1S/C21H26O4/c1-23-21(24-2)19(22)16-11-12-20(21)17(13-16)9-6-10-18(20)25-14-15-7-4-3-5-8-15/h3-5,7-8,11-12,16-18H,6,9-10,13-14H2,1-2H3/t16-,17?,18+,20+/m0/s1. The SMILES string of the molecule is COC1(OC)C(=O)[C@H]2C=C[C@]13C(CCC[C@H]3OCc1ccccc1)C2. The Kier molecular flexibility index (Phi) is 4.30. The smallest absolute Gasteiger partial charge is 0.241 e. The van der Waals surface area contributed by atoms with Gasteiger partial charge in [-0.15, -0.1) is 0 Å². The van der Waals surface area contributed by atoms with Crippen molar-refractivity contribution < 1.29 is 19.0 Å². The summed E-state index contributed by atoms with van der Waals surface area (Å²) in [5.74, 6) is -0.919. The summed E-state index contributed by atoms with van der Waals surface area (Å²) in [6.07, 6.45) is 8.15. The molecule has 0 aliphatic heterocycles. The molecule has 0 aromatic heterocycles. The zero-order valence-electron chi connectivity index (χ0n) is 14.9. The van der Waals surface area contributed by atoms with Gasteiger partial charge in [-0.25, -0.2) is 0 Å². The first-order valence-electron chi connectivity index (χ1n) is 9.17. The van der Waals surface area contributed by atoms with Crippen molar-refractivity contribution in [2.24, 2.45) is 17.3 Å². The van der Waals surface area contributed by atoms with E-state index >= 15 is 0 Å². The molecular formula is C21H26O4. The largest absolute Gasteiger partial charge is 0.372 e. The van der Waals surface area contributed by atoms with Crippen molar-refractivity contribution in [2.45, 2.75) is 44.2 Å². The maximum absolute atomic E-state index is 13.1. The maximum Gasteiger partial charge on any atom is 0.241 e. The van der Waals surface area contributed by atoms with Crippen LogP contribution in [-0.4, -0.2) is 31.9 Å². The average Bonchev–Trinajstić information content (AvgIpc) is 2.67. The molecule has 4 heteroatoms. The van der Waals surface area contributed by atoms with E-state index in [0.29, 0.717) is 12.5 Å². The van der Waals surface area contributed by atoms with E-state index in [9.17, 15) is 4.79 Å². The molecule has 1 unspecified atom stereocenters. The monoisotopic (exact) mass is 342 g/mol. The highest BCUT2D eigenvalue weighted by atomic mass is 16.7. The normalized spacial score (nSPS) is 35.6. The molecule has 0 saturated heterocycles. The Balaban J connectivity index is 1.70. The van der Waals surface area contributed by atoms with Gasteiger partial charge in [-0.3, -0.25) is 4.79 Å². The fraction of sp³-hybridized carbons (Fsp3) is 0.571. The van der Waals surface area contributed by atoms with Crippen molar-refractivity contribution in [3.05, 3.63) is 48.0 Å². The summed E-state index contributed by atoms with van der Waals surface area (Å²) >= 11 is 0. The van der Waals surface area contributed by atoms with Crippen molar-refractivity contribution in [2.75, 3.05) is 14.2 Å². The van der Waals surface area contributed by atoms with Gasteiger partial charge in [-0.1, -0.05) is 48.9 Å². The summed E-state index contributed by atoms with van der Waals surface area (Å²) in [5.41, 5.74) is 0.608. The van der Waals surface area contributed by atoms with Crippen LogP contribution in [0.1, 0.15) is 31.2 Å². The fourth-order valence-corrected chi connectivity index (χ4v) is 5.38. The molecule has 0 amide bonds. The molecule has 4 atom stereocenters. The summed E-state index contributed by atoms with van der Waals surface area (Å²) in [5, 5.41) is 0. The lowest BCUT2D eigenvalue weighted by molar-refractivity contribution is -0.305. The molecule has 134 valence electrons. The van der Waals surface area contributed by atoms with E-state index < -0.39 is 11.2 Å². The third-order valence-corrected chi connectivity index (χ3v) is 6.47. The van der Waals surface area contributed by atoms with Gasteiger partial charge in [-0.05, 0) is 30.7 Å². The van der Waals surface area contributed by atoms with Gasteiger partial charge in [0.25, 0.3) is 0 Å². The third-order valence-electron chi connectivity index (χ3n) is 6.47. The Morgan fingerprint density at radius 2 is 1.88 bits per heavy atom. The number of fused-ring (bicyclic) bond motifs is 1.